The van der Waals surface area contributed by atoms with Crippen LogP contribution in [0, 0.1) is 29.6 Å². The van der Waals surface area contributed by atoms with E-state index < -0.39 is 6.04 Å². The smallest absolute Gasteiger partial charge is 0.132 e. The summed E-state index contributed by atoms with van der Waals surface area (Å²) in [6, 6.07) is 7.15. The van der Waals surface area contributed by atoms with Gasteiger partial charge in [-0.15, -0.1) is 11.3 Å². The summed E-state index contributed by atoms with van der Waals surface area (Å²) in [5, 5.41) is 18.5. The molecule has 0 unspecified atom stereocenters. The third-order valence-corrected chi connectivity index (χ3v) is 6.55. The Kier molecular flexibility index (Phi) is 5.52. The van der Waals surface area contributed by atoms with Crippen molar-refractivity contribution >= 4 is 45.3 Å². The normalized spacial score (nSPS) is 15.6. The van der Waals surface area contributed by atoms with Gasteiger partial charge in [0, 0.05) is 23.2 Å². The molecule has 8 heteroatoms. The van der Waals surface area contributed by atoms with Crippen LogP contribution in [-0.4, -0.2) is 33.0 Å². The van der Waals surface area contributed by atoms with Gasteiger partial charge in [0.05, 0.1) is 23.1 Å². The Hall–Kier alpha value is -3.21. The molecule has 1 aromatic carbocycles. The standard InChI is InChI=1S/C23H21ClN6S/c1-13-19(10-9-18-11-27-12-29(18)4)31-23-20(13)21(16-5-7-17(24)8-6-16)28-14(2)22(26)30(23)15(3)25/h5-8,11-12,14,25-26H,1-4H3/t14-/m0/s1. The molecule has 0 fully saturated rings. The van der Waals surface area contributed by atoms with Gasteiger partial charge in [-0.25, -0.2) is 4.98 Å². The molecule has 4 rings (SSSR count). The number of nitrogens with one attached hydrogen (secondary N) is 2. The zero-order valence-electron chi connectivity index (χ0n) is 17.6. The largest absolute Gasteiger partial charge is 0.327 e. The molecule has 156 valence electrons. The van der Waals surface area contributed by atoms with Crippen LogP contribution in [0.3, 0.4) is 0 Å². The summed E-state index contributed by atoms with van der Waals surface area (Å²) in [7, 11) is 1.90. The molecule has 2 N–H and O–H groups in total. The van der Waals surface area contributed by atoms with E-state index in [0.29, 0.717) is 5.02 Å². The van der Waals surface area contributed by atoms with Crippen LogP contribution in [-0.2, 0) is 7.05 Å². The first kappa shape index (κ1) is 21.0. The molecule has 6 nitrogen and oxygen atoms in total. The summed E-state index contributed by atoms with van der Waals surface area (Å²) in [5.74, 6) is 6.99. The Labute approximate surface area is 190 Å². The van der Waals surface area contributed by atoms with Crippen LogP contribution in [0.5, 0.6) is 0 Å². The van der Waals surface area contributed by atoms with Crippen molar-refractivity contribution in [1.29, 1.82) is 10.8 Å². The van der Waals surface area contributed by atoms with Gasteiger partial charge in [-0.05, 0) is 50.3 Å². The van der Waals surface area contributed by atoms with Crippen LogP contribution in [0.15, 0.2) is 41.8 Å². The highest BCUT2D eigenvalue weighted by molar-refractivity contribution is 7.17. The molecule has 0 aliphatic carbocycles. The second kappa shape index (κ2) is 8.14. The summed E-state index contributed by atoms with van der Waals surface area (Å²) in [4.78, 5) is 11.5. The molecule has 1 atom stereocenters. The number of hydrogen-bond acceptors (Lipinski definition) is 5. The van der Waals surface area contributed by atoms with Crippen LogP contribution in [0.1, 0.15) is 41.1 Å². The molecule has 0 bridgehead atoms. The summed E-state index contributed by atoms with van der Waals surface area (Å²) < 4.78 is 1.87. The molecule has 0 saturated heterocycles. The zero-order chi connectivity index (χ0) is 22.3. The minimum Gasteiger partial charge on any atom is -0.327 e. The van der Waals surface area contributed by atoms with Gasteiger partial charge >= 0.3 is 0 Å². The van der Waals surface area contributed by atoms with E-state index >= 15 is 0 Å². The fraction of sp³-hybridized carbons (Fsp3) is 0.217. The number of rotatable bonds is 1. The monoisotopic (exact) mass is 448 g/mol. The molecule has 0 amide bonds. The number of anilines is 1. The van der Waals surface area contributed by atoms with E-state index in [-0.39, 0.29) is 11.7 Å². The molecular weight excluding hydrogens is 428 g/mol. The molecule has 31 heavy (non-hydrogen) atoms. The lowest BCUT2D eigenvalue weighted by Gasteiger charge is -2.23. The number of aliphatic imine (C=N–C) groups is 1. The Morgan fingerprint density at radius 1 is 1.23 bits per heavy atom. The van der Waals surface area contributed by atoms with Crippen molar-refractivity contribution in [3.63, 3.8) is 0 Å². The van der Waals surface area contributed by atoms with Gasteiger partial charge < -0.3 is 4.57 Å². The molecule has 1 aliphatic heterocycles. The summed E-state index contributed by atoms with van der Waals surface area (Å²) >= 11 is 7.59. The van der Waals surface area contributed by atoms with Crippen LogP contribution in [0.2, 0.25) is 5.02 Å². The third-order valence-electron chi connectivity index (χ3n) is 5.10. The molecular formula is C23H21ClN6S. The number of halogens is 1. The number of benzene rings is 1. The molecule has 0 radical (unpaired) electrons. The zero-order valence-corrected chi connectivity index (χ0v) is 19.2. The Morgan fingerprint density at radius 3 is 2.55 bits per heavy atom. The lowest BCUT2D eigenvalue weighted by molar-refractivity contribution is 0.899. The van der Waals surface area contributed by atoms with E-state index in [4.69, 9.17) is 27.4 Å². The van der Waals surface area contributed by atoms with Gasteiger partial charge in [-0.3, -0.25) is 20.7 Å². The van der Waals surface area contributed by atoms with Crippen molar-refractivity contribution < 1.29 is 0 Å². The van der Waals surface area contributed by atoms with Crippen molar-refractivity contribution in [2.45, 2.75) is 26.8 Å². The second-order valence-corrected chi connectivity index (χ2v) is 8.78. The summed E-state index contributed by atoms with van der Waals surface area (Å²) in [5.41, 5.74) is 4.41. The van der Waals surface area contributed by atoms with Crippen molar-refractivity contribution in [2.24, 2.45) is 12.0 Å². The summed E-state index contributed by atoms with van der Waals surface area (Å²) in [6.07, 6.45) is 3.45. The van der Waals surface area contributed by atoms with Gasteiger partial charge in [0.2, 0.25) is 0 Å². The maximum atomic E-state index is 8.68. The number of thiophene rings is 1. The van der Waals surface area contributed by atoms with Crippen molar-refractivity contribution in [3.05, 3.63) is 69.1 Å². The van der Waals surface area contributed by atoms with Crippen molar-refractivity contribution in [2.75, 3.05) is 4.90 Å². The van der Waals surface area contributed by atoms with Gasteiger partial charge in [-0.2, -0.15) is 0 Å². The lowest BCUT2D eigenvalue weighted by atomic mass is 9.99. The average molecular weight is 449 g/mol. The van der Waals surface area contributed by atoms with Crippen molar-refractivity contribution in [3.8, 4) is 11.8 Å². The van der Waals surface area contributed by atoms with Crippen LogP contribution in [0.25, 0.3) is 0 Å². The number of aryl methyl sites for hydroxylation is 1. The molecule has 0 spiro atoms. The predicted octanol–water partition coefficient (Wildman–Crippen LogP) is 4.86. The van der Waals surface area contributed by atoms with Gasteiger partial charge in [-0.1, -0.05) is 23.7 Å². The predicted molar refractivity (Wildman–Crippen MR) is 128 cm³/mol. The minimum absolute atomic E-state index is 0.269. The van der Waals surface area contributed by atoms with E-state index in [1.807, 2.05) is 49.7 Å². The lowest BCUT2D eigenvalue weighted by Crippen LogP contribution is -2.38. The molecule has 3 heterocycles. The van der Waals surface area contributed by atoms with Crippen LogP contribution < -0.4 is 4.90 Å². The van der Waals surface area contributed by atoms with Crippen LogP contribution >= 0.6 is 22.9 Å². The van der Waals surface area contributed by atoms with Crippen molar-refractivity contribution in [1.82, 2.24) is 9.55 Å². The number of amidine groups is 2. The van der Waals surface area contributed by atoms with E-state index in [1.165, 1.54) is 11.3 Å². The van der Waals surface area contributed by atoms with E-state index in [9.17, 15) is 0 Å². The Balaban J connectivity index is 1.95. The number of hydrogen-bond donors (Lipinski definition) is 2. The summed E-state index contributed by atoms with van der Waals surface area (Å²) in [6.45, 7) is 5.59. The van der Waals surface area contributed by atoms with E-state index in [0.717, 1.165) is 38.0 Å². The molecule has 1 aliphatic rings. The highest BCUT2D eigenvalue weighted by Gasteiger charge is 2.32. The van der Waals surface area contributed by atoms with Gasteiger partial charge in [0.1, 0.15) is 28.4 Å². The number of fused-ring (bicyclic) bond motifs is 1. The number of aromatic nitrogens is 2. The Morgan fingerprint density at radius 2 is 1.94 bits per heavy atom. The molecule has 3 aromatic rings. The Bertz CT molecular complexity index is 1290. The van der Waals surface area contributed by atoms with Crippen LogP contribution in [0.4, 0.5) is 5.00 Å². The van der Waals surface area contributed by atoms with E-state index in [1.54, 1.807) is 24.3 Å². The number of nitrogens with zero attached hydrogens (tertiary/aromatic N) is 4. The first-order valence-electron chi connectivity index (χ1n) is 9.67. The fourth-order valence-corrected chi connectivity index (χ4v) is 4.78. The maximum absolute atomic E-state index is 8.68. The fourth-order valence-electron chi connectivity index (χ4n) is 3.43. The SMILES string of the molecule is CC(=N)N1C(=N)[C@H](C)N=C(c2ccc(Cl)cc2)c2c1sc(C#Cc1cncn1C)c2C. The van der Waals surface area contributed by atoms with Gasteiger partial charge in [0.15, 0.2) is 0 Å². The topological polar surface area (TPSA) is 81.1 Å². The quantitative estimate of drug-likeness (QED) is 0.316. The maximum Gasteiger partial charge on any atom is 0.132 e. The first-order chi connectivity index (χ1) is 14.8. The average Bonchev–Trinajstić information content (AvgIpc) is 3.24. The number of imidazole rings is 1. The van der Waals surface area contributed by atoms with E-state index in [2.05, 4.69) is 16.8 Å². The third kappa shape index (κ3) is 3.80. The highest BCUT2D eigenvalue weighted by atomic mass is 35.5. The molecule has 2 aromatic heterocycles. The van der Waals surface area contributed by atoms with Gasteiger partial charge in [0.25, 0.3) is 0 Å². The second-order valence-electron chi connectivity index (χ2n) is 7.34. The molecule has 0 saturated carbocycles. The minimum atomic E-state index is -0.394. The highest BCUT2D eigenvalue weighted by Crippen LogP contribution is 2.40. The first-order valence-corrected chi connectivity index (χ1v) is 10.9.